The van der Waals surface area contributed by atoms with Crippen LogP contribution in [0.3, 0.4) is 0 Å². The van der Waals surface area contributed by atoms with E-state index < -0.39 is 11.9 Å². The number of esters is 1. The van der Waals surface area contributed by atoms with E-state index in [-0.39, 0.29) is 28.7 Å². The van der Waals surface area contributed by atoms with Gasteiger partial charge in [-0.15, -0.1) is 0 Å². The Kier molecular flexibility index (Phi) is 6.60. The molecule has 0 heterocycles. The van der Waals surface area contributed by atoms with E-state index in [4.69, 9.17) is 23.2 Å². The lowest BCUT2D eigenvalue weighted by atomic mass is 10.2. The summed E-state index contributed by atoms with van der Waals surface area (Å²) < 4.78 is 4.64. The van der Waals surface area contributed by atoms with Crippen LogP contribution in [0.5, 0.6) is 0 Å². The number of hydrogen-bond acceptors (Lipinski definition) is 4. The molecular weight excluding hydrogens is 379 g/mol. The number of carbonyl (C=O) groups is 3. The Hall–Kier alpha value is -2.57. The fraction of sp³-hybridized carbons (Fsp3) is 0.167. The molecule has 6 nitrogen and oxygen atoms in total. The van der Waals surface area contributed by atoms with E-state index in [9.17, 15) is 14.4 Å². The van der Waals surface area contributed by atoms with Crippen molar-refractivity contribution in [1.29, 1.82) is 0 Å². The summed E-state index contributed by atoms with van der Waals surface area (Å²) in [6.07, 6.45) is 0. The molecule has 0 bridgehead atoms. The van der Waals surface area contributed by atoms with Gasteiger partial charge in [-0.25, -0.2) is 4.79 Å². The smallest absolute Gasteiger partial charge is 0.337 e. The molecular formula is C18H16Cl2N2O4. The molecule has 0 unspecified atom stereocenters. The van der Waals surface area contributed by atoms with E-state index in [1.165, 1.54) is 37.1 Å². The Labute approximate surface area is 160 Å². The van der Waals surface area contributed by atoms with E-state index in [1.54, 1.807) is 24.3 Å². The molecule has 0 saturated heterocycles. The first-order chi connectivity index (χ1) is 12.3. The molecule has 0 saturated carbocycles. The van der Waals surface area contributed by atoms with Gasteiger partial charge in [0.05, 0.1) is 34.1 Å². The Morgan fingerprint density at radius 1 is 1.08 bits per heavy atom. The molecule has 0 aliphatic heterocycles. The number of methoxy groups -OCH3 is 1. The lowest BCUT2D eigenvalue weighted by Crippen LogP contribution is -2.36. The molecule has 0 fully saturated rings. The van der Waals surface area contributed by atoms with Gasteiger partial charge in [0.25, 0.3) is 0 Å². The largest absolute Gasteiger partial charge is 0.465 e. The minimum Gasteiger partial charge on any atom is -0.465 e. The highest BCUT2D eigenvalue weighted by Gasteiger charge is 2.19. The quantitative estimate of drug-likeness (QED) is 0.782. The van der Waals surface area contributed by atoms with Crippen molar-refractivity contribution in [2.45, 2.75) is 6.92 Å². The van der Waals surface area contributed by atoms with Crippen molar-refractivity contribution in [3.63, 3.8) is 0 Å². The second kappa shape index (κ2) is 8.69. The van der Waals surface area contributed by atoms with Crippen molar-refractivity contribution < 1.29 is 19.1 Å². The predicted molar refractivity (Wildman–Crippen MR) is 101 cm³/mol. The van der Waals surface area contributed by atoms with E-state index >= 15 is 0 Å². The normalized spacial score (nSPS) is 10.2. The number of nitrogens with one attached hydrogen (secondary N) is 1. The van der Waals surface area contributed by atoms with Crippen LogP contribution < -0.4 is 10.2 Å². The van der Waals surface area contributed by atoms with E-state index in [0.717, 1.165) is 0 Å². The zero-order valence-corrected chi connectivity index (χ0v) is 15.6. The number of halogens is 2. The molecule has 136 valence electrons. The average molecular weight is 395 g/mol. The van der Waals surface area contributed by atoms with Crippen LogP contribution in [0.1, 0.15) is 17.3 Å². The Balaban J connectivity index is 2.20. The molecule has 0 spiro atoms. The van der Waals surface area contributed by atoms with Gasteiger partial charge in [0.1, 0.15) is 6.54 Å². The highest BCUT2D eigenvalue weighted by atomic mass is 35.5. The molecule has 1 N–H and O–H groups in total. The molecule has 2 rings (SSSR count). The van der Waals surface area contributed by atoms with Gasteiger partial charge >= 0.3 is 5.97 Å². The third-order valence-corrected chi connectivity index (χ3v) is 4.14. The maximum Gasteiger partial charge on any atom is 0.337 e. The number of rotatable bonds is 5. The number of carbonyl (C=O) groups excluding carboxylic acids is 3. The third kappa shape index (κ3) is 4.74. The molecule has 8 heteroatoms. The molecule has 26 heavy (non-hydrogen) atoms. The highest BCUT2D eigenvalue weighted by Crippen LogP contribution is 2.26. The van der Waals surface area contributed by atoms with E-state index in [1.807, 2.05) is 0 Å². The van der Waals surface area contributed by atoms with Gasteiger partial charge in [-0.05, 0) is 30.3 Å². The minimum absolute atomic E-state index is 0.238. The van der Waals surface area contributed by atoms with Gasteiger partial charge in [-0.1, -0.05) is 35.3 Å². The first-order valence-electron chi connectivity index (χ1n) is 7.54. The summed E-state index contributed by atoms with van der Waals surface area (Å²) >= 11 is 12.2. The fourth-order valence-corrected chi connectivity index (χ4v) is 2.64. The molecule has 0 aliphatic carbocycles. The summed E-state index contributed by atoms with van der Waals surface area (Å²) in [4.78, 5) is 37.2. The maximum absolute atomic E-state index is 12.4. The van der Waals surface area contributed by atoms with Gasteiger partial charge in [-0.3, -0.25) is 9.59 Å². The number of para-hydroxylation sites is 1. The topological polar surface area (TPSA) is 75.7 Å². The Bertz CT molecular complexity index is 855. The van der Waals surface area contributed by atoms with Crippen LogP contribution in [0.2, 0.25) is 10.0 Å². The summed E-state index contributed by atoms with van der Waals surface area (Å²) in [6, 6.07) is 11.1. The van der Waals surface area contributed by atoms with E-state index in [0.29, 0.717) is 10.7 Å². The van der Waals surface area contributed by atoms with Crippen LogP contribution >= 0.6 is 23.2 Å². The SMILES string of the molecule is COC(=O)c1ccc(Cl)c(NC(=O)CN(C(C)=O)c2ccccc2Cl)c1. The molecule has 2 aromatic carbocycles. The summed E-state index contributed by atoms with van der Waals surface area (Å²) in [5.74, 6) is -1.40. The zero-order valence-electron chi connectivity index (χ0n) is 14.1. The predicted octanol–water partition coefficient (Wildman–Crippen LogP) is 3.77. The fourth-order valence-electron chi connectivity index (χ4n) is 2.24. The molecule has 0 aromatic heterocycles. The molecule has 2 aromatic rings. The highest BCUT2D eigenvalue weighted by molar-refractivity contribution is 6.34. The summed E-state index contributed by atoms with van der Waals surface area (Å²) in [5.41, 5.74) is 0.898. The van der Waals surface area contributed by atoms with Crippen molar-refractivity contribution in [3.05, 3.63) is 58.1 Å². The minimum atomic E-state index is -0.557. The molecule has 2 amide bonds. The van der Waals surface area contributed by atoms with E-state index in [2.05, 4.69) is 10.1 Å². The third-order valence-electron chi connectivity index (χ3n) is 3.49. The monoisotopic (exact) mass is 394 g/mol. The van der Waals surface area contributed by atoms with Crippen LogP contribution in [0.4, 0.5) is 11.4 Å². The number of amides is 2. The number of anilines is 2. The maximum atomic E-state index is 12.4. The summed E-state index contributed by atoms with van der Waals surface area (Å²) in [6.45, 7) is 1.07. The van der Waals surface area contributed by atoms with Crippen molar-refractivity contribution in [1.82, 2.24) is 0 Å². The van der Waals surface area contributed by atoms with Crippen molar-refractivity contribution in [2.75, 3.05) is 23.9 Å². The lowest BCUT2D eigenvalue weighted by molar-refractivity contribution is -0.120. The first kappa shape index (κ1) is 19.8. The van der Waals surface area contributed by atoms with Crippen molar-refractivity contribution in [3.8, 4) is 0 Å². The lowest BCUT2D eigenvalue weighted by Gasteiger charge is -2.22. The van der Waals surface area contributed by atoms with Crippen molar-refractivity contribution in [2.24, 2.45) is 0 Å². The van der Waals surface area contributed by atoms with Crippen molar-refractivity contribution >= 4 is 52.4 Å². The molecule has 0 radical (unpaired) electrons. The average Bonchev–Trinajstić information content (AvgIpc) is 2.61. The van der Waals surface area contributed by atoms with Crippen LogP contribution in [-0.2, 0) is 14.3 Å². The number of benzene rings is 2. The first-order valence-corrected chi connectivity index (χ1v) is 8.29. The van der Waals surface area contributed by atoms with Crippen LogP contribution in [0, 0.1) is 0 Å². The summed E-state index contributed by atoms with van der Waals surface area (Å²) in [7, 11) is 1.25. The van der Waals surface area contributed by atoms with Gasteiger partial charge in [0.15, 0.2) is 0 Å². The second-order valence-electron chi connectivity index (χ2n) is 5.29. The Morgan fingerprint density at radius 3 is 2.38 bits per heavy atom. The van der Waals surface area contributed by atoms with Crippen LogP contribution in [0.15, 0.2) is 42.5 Å². The number of hydrogen-bond donors (Lipinski definition) is 1. The number of nitrogens with zero attached hydrogens (tertiary/aromatic N) is 1. The van der Waals surface area contributed by atoms with Crippen LogP contribution in [-0.4, -0.2) is 31.4 Å². The Morgan fingerprint density at radius 2 is 1.77 bits per heavy atom. The number of ether oxygens (including phenoxy) is 1. The van der Waals surface area contributed by atoms with Gasteiger partial charge in [0.2, 0.25) is 11.8 Å². The van der Waals surface area contributed by atoms with Gasteiger partial charge < -0.3 is 15.0 Å². The van der Waals surface area contributed by atoms with Crippen LogP contribution in [0.25, 0.3) is 0 Å². The van der Waals surface area contributed by atoms with Gasteiger partial charge in [0, 0.05) is 6.92 Å². The van der Waals surface area contributed by atoms with Gasteiger partial charge in [-0.2, -0.15) is 0 Å². The molecule has 0 atom stereocenters. The summed E-state index contributed by atoms with van der Waals surface area (Å²) in [5, 5.41) is 3.19. The zero-order chi connectivity index (χ0) is 19.3. The standard InChI is InChI=1S/C18H16Cl2N2O4/c1-11(23)22(16-6-4-3-5-14(16)20)10-17(24)21-15-9-12(18(25)26-2)7-8-13(15)19/h3-9H,10H2,1-2H3,(H,21,24). The second-order valence-corrected chi connectivity index (χ2v) is 6.11. The molecule has 0 aliphatic rings.